The number of rotatable bonds is 5. The third-order valence-corrected chi connectivity index (χ3v) is 4.48. The molecule has 166 valence electrons. The van der Waals surface area contributed by atoms with Gasteiger partial charge in [-0.3, -0.25) is 14.5 Å². The Morgan fingerprint density at radius 1 is 1.18 bits per heavy atom. The summed E-state index contributed by atoms with van der Waals surface area (Å²) in [5.41, 5.74) is -0.451. The zero-order valence-corrected chi connectivity index (χ0v) is 16.5. The van der Waals surface area contributed by atoms with Crippen molar-refractivity contribution in [2.24, 2.45) is 0 Å². The van der Waals surface area contributed by atoms with E-state index in [9.17, 15) is 22.4 Å². The van der Waals surface area contributed by atoms with Crippen molar-refractivity contribution < 1.29 is 26.9 Å². The van der Waals surface area contributed by atoms with Gasteiger partial charge in [-0.15, -0.1) is 0 Å². The lowest BCUT2D eigenvalue weighted by molar-refractivity contribution is -0.138. The van der Waals surface area contributed by atoms with Gasteiger partial charge in [-0.25, -0.2) is 4.39 Å². The summed E-state index contributed by atoms with van der Waals surface area (Å²) in [6, 6.07) is 8.53. The third kappa shape index (κ3) is 4.87. The van der Waals surface area contributed by atoms with Crippen molar-refractivity contribution in [3.05, 3.63) is 83.2 Å². The molecule has 12 heteroatoms. The van der Waals surface area contributed by atoms with Gasteiger partial charge >= 0.3 is 6.18 Å². The van der Waals surface area contributed by atoms with Crippen LogP contribution < -0.4 is 5.32 Å². The molecule has 1 aromatic carbocycles. The van der Waals surface area contributed by atoms with Crippen LogP contribution in [0.2, 0.25) is 0 Å². The SMILES string of the molecule is N#Cc1ccc(-c2cc(C(=O)Nc3cnn(Cc4cc(F)ccc4C(F)(F)F)c3)no2)nc1. The summed E-state index contributed by atoms with van der Waals surface area (Å²) in [6.45, 7) is -0.360. The molecule has 0 unspecified atom stereocenters. The quantitative estimate of drug-likeness (QED) is 0.450. The highest BCUT2D eigenvalue weighted by Crippen LogP contribution is 2.32. The van der Waals surface area contributed by atoms with Crippen LogP contribution in [-0.4, -0.2) is 25.8 Å². The number of halogens is 4. The number of amides is 1. The van der Waals surface area contributed by atoms with Gasteiger partial charge in [0, 0.05) is 18.5 Å². The van der Waals surface area contributed by atoms with Crippen LogP contribution >= 0.6 is 0 Å². The Labute approximate surface area is 183 Å². The van der Waals surface area contributed by atoms with E-state index in [2.05, 4.69) is 20.6 Å². The minimum absolute atomic E-state index is 0.0756. The summed E-state index contributed by atoms with van der Waals surface area (Å²) in [4.78, 5) is 16.5. The van der Waals surface area contributed by atoms with Gasteiger partial charge in [-0.05, 0) is 35.9 Å². The van der Waals surface area contributed by atoms with Gasteiger partial charge in [0.15, 0.2) is 11.5 Å². The maximum Gasteiger partial charge on any atom is 0.416 e. The van der Waals surface area contributed by atoms with E-state index in [-0.39, 0.29) is 29.2 Å². The molecule has 1 N–H and O–H groups in total. The standard InChI is InChI=1S/C21H12F4N6O2/c22-14-2-3-16(21(23,24)25)13(5-14)10-31-11-15(9-28-31)29-20(32)18-6-19(33-30-18)17-4-1-12(7-26)8-27-17/h1-6,8-9,11H,10H2,(H,29,32). The molecule has 0 fully saturated rings. The predicted octanol–water partition coefficient (Wildman–Crippen LogP) is 4.26. The molecule has 33 heavy (non-hydrogen) atoms. The molecule has 0 saturated carbocycles. The fourth-order valence-electron chi connectivity index (χ4n) is 2.96. The number of anilines is 1. The van der Waals surface area contributed by atoms with Crippen molar-refractivity contribution >= 4 is 11.6 Å². The number of benzene rings is 1. The summed E-state index contributed by atoms with van der Waals surface area (Å²) >= 11 is 0. The number of carbonyl (C=O) groups is 1. The number of nitrogens with zero attached hydrogens (tertiary/aromatic N) is 5. The van der Waals surface area contributed by atoms with E-state index < -0.39 is 23.5 Å². The molecule has 0 aliphatic carbocycles. The second-order valence-electron chi connectivity index (χ2n) is 6.80. The van der Waals surface area contributed by atoms with Crippen LogP contribution in [0.4, 0.5) is 23.2 Å². The topological polar surface area (TPSA) is 110 Å². The van der Waals surface area contributed by atoms with Crippen molar-refractivity contribution in [1.29, 1.82) is 5.26 Å². The molecule has 0 aliphatic rings. The van der Waals surface area contributed by atoms with E-state index in [0.29, 0.717) is 17.3 Å². The molecule has 1 amide bonds. The molecule has 0 atom stereocenters. The van der Waals surface area contributed by atoms with Crippen molar-refractivity contribution in [2.75, 3.05) is 5.32 Å². The van der Waals surface area contributed by atoms with Gasteiger partial charge in [0.2, 0.25) is 0 Å². The zero-order chi connectivity index (χ0) is 23.6. The lowest BCUT2D eigenvalue weighted by Crippen LogP contribution is -2.13. The van der Waals surface area contributed by atoms with Crippen LogP contribution in [0.1, 0.15) is 27.2 Å². The average molecular weight is 456 g/mol. The number of nitriles is 1. The zero-order valence-electron chi connectivity index (χ0n) is 16.5. The highest BCUT2D eigenvalue weighted by molar-refractivity contribution is 6.03. The van der Waals surface area contributed by atoms with Crippen molar-refractivity contribution in [3.8, 4) is 17.5 Å². The number of pyridine rings is 1. The summed E-state index contributed by atoms with van der Waals surface area (Å²) in [5, 5.41) is 18.9. The van der Waals surface area contributed by atoms with Crippen LogP contribution in [-0.2, 0) is 12.7 Å². The first-order chi connectivity index (χ1) is 15.7. The Bertz CT molecular complexity index is 1350. The molecular weight excluding hydrogens is 444 g/mol. The minimum Gasteiger partial charge on any atom is -0.354 e. The summed E-state index contributed by atoms with van der Waals surface area (Å²) < 4.78 is 59.2. The van der Waals surface area contributed by atoms with E-state index >= 15 is 0 Å². The first-order valence-electron chi connectivity index (χ1n) is 9.25. The number of hydrogen-bond donors (Lipinski definition) is 1. The van der Waals surface area contributed by atoms with Gasteiger partial charge in [0.25, 0.3) is 5.91 Å². The molecule has 0 saturated heterocycles. The molecule has 3 aromatic heterocycles. The fourth-order valence-corrected chi connectivity index (χ4v) is 2.96. The number of alkyl halides is 3. The summed E-state index contributed by atoms with van der Waals surface area (Å²) in [5.74, 6) is -1.26. The predicted molar refractivity (Wildman–Crippen MR) is 105 cm³/mol. The maximum absolute atomic E-state index is 13.5. The molecule has 0 spiro atoms. The minimum atomic E-state index is -4.65. The summed E-state index contributed by atoms with van der Waals surface area (Å²) in [7, 11) is 0. The number of carbonyl (C=O) groups excluding carboxylic acids is 1. The van der Waals surface area contributed by atoms with Crippen LogP contribution in [0.3, 0.4) is 0 Å². The third-order valence-electron chi connectivity index (χ3n) is 4.48. The Morgan fingerprint density at radius 2 is 2.00 bits per heavy atom. The lowest BCUT2D eigenvalue weighted by Gasteiger charge is -2.12. The van der Waals surface area contributed by atoms with Crippen LogP contribution in [0.15, 0.2) is 59.5 Å². The van der Waals surface area contributed by atoms with Crippen molar-refractivity contribution in [2.45, 2.75) is 12.7 Å². The van der Waals surface area contributed by atoms with E-state index in [1.807, 2.05) is 6.07 Å². The van der Waals surface area contributed by atoms with Gasteiger partial charge in [0.1, 0.15) is 17.6 Å². The molecule has 0 radical (unpaired) electrons. The van der Waals surface area contributed by atoms with E-state index in [0.717, 1.165) is 16.8 Å². The average Bonchev–Trinajstić information content (AvgIpc) is 3.43. The summed E-state index contributed by atoms with van der Waals surface area (Å²) in [6.07, 6.45) is -0.782. The number of aromatic nitrogens is 4. The normalized spacial score (nSPS) is 11.2. The molecule has 8 nitrogen and oxygen atoms in total. The van der Waals surface area contributed by atoms with Crippen molar-refractivity contribution in [3.63, 3.8) is 0 Å². The van der Waals surface area contributed by atoms with E-state index in [1.165, 1.54) is 36.8 Å². The second-order valence-corrected chi connectivity index (χ2v) is 6.80. The monoisotopic (exact) mass is 456 g/mol. The van der Waals surface area contributed by atoms with Gasteiger partial charge in [-0.2, -0.15) is 23.5 Å². The molecule has 3 heterocycles. The molecule has 4 rings (SSSR count). The van der Waals surface area contributed by atoms with Gasteiger partial charge < -0.3 is 9.84 Å². The molecule has 4 aromatic rings. The van der Waals surface area contributed by atoms with Gasteiger partial charge in [-0.1, -0.05) is 5.16 Å². The Morgan fingerprint density at radius 3 is 2.70 bits per heavy atom. The molecule has 0 bridgehead atoms. The highest BCUT2D eigenvalue weighted by atomic mass is 19.4. The maximum atomic E-state index is 13.5. The number of nitrogens with one attached hydrogen (secondary N) is 1. The van der Waals surface area contributed by atoms with Crippen LogP contribution in [0.25, 0.3) is 11.5 Å². The number of hydrogen-bond acceptors (Lipinski definition) is 6. The smallest absolute Gasteiger partial charge is 0.354 e. The Hall–Kier alpha value is -4.53. The first kappa shape index (κ1) is 21.7. The van der Waals surface area contributed by atoms with Gasteiger partial charge in [0.05, 0.1) is 29.6 Å². The first-order valence-corrected chi connectivity index (χ1v) is 9.25. The molecule has 0 aliphatic heterocycles. The Balaban J connectivity index is 1.46. The molecular formula is C21H12F4N6O2. The van der Waals surface area contributed by atoms with Crippen molar-refractivity contribution in [1.82, 2.24) is 19.9 Å². The van der Waals surface area contributed by atoms with Crippen LogP contribution in [0.5, 0.6) is 0 Å². The lowest BCUT2D eigenvalue weighted by atomic mass is 10.1. The Kier molecular flexibility index (Phi) is 5.61. The van der Waals surface area contributed by atoms with E-state index in [1.54, 1.807) is 0 Å². The largest absolute Gasteiger partial charge is 0.416 e. The highest BCUT2D eigenvalue weighted by Gasteiger charge is 2.33. The fraction of sp³-hybridized carbons (Fsp3) is 0.0952. The second kappa shape index (κ2) is 8.54. The van der Waals surface area contributed by atoms with Crippen LogP contribution in [0, 0.1) is 17.1 Å². The van der Waals surface area contributed by atoms with E-state index in [4.69, 9.17) is 9.78 Å².